The Morgan fingerprint density at radius 1 is 1.05 bits per heavy atom. The number of hydrogen-bond acceptors (Lipinski definition) is 2. The Morgan fingerprint density at radius 3 is 2.35 bits per heavy atom. The molecule has 20 heavy (non-hydrogen) atoms. The molecular weight excluding hydrogens is 267 g/mol. The summed E-state index contributed by atoms with van der Waals surface area (Å²) in [6.07, 6.45) is 4.42. The molecule has 2 rings (SSSR count). The molecule has 104 valence electrons. The Labute approximate surface area is 120 Å². The summed E-state index contributed by atoms with van der Waals surface area (Å²) in [5, 5.41) is 0.762. The molecule has 3 heteroatoms. The van der Waals surface area contributed by atoms with Gasteiger partial charge in [-0.15, -0.1) is 0 Å². The maximum atomic E-state index is 13.1. The highest BCUT2D eigenvalue weighted by molar-refractivity contribution is 7.66. The van der Waals surface area contributed by atoms with Crippen molar-refractivity contribution in [3.05, 3.63) is 71.8 Å². The van der Waals surface area contributed by atoms with Gasteiger partial charge in [0.1, 0.15) is 0 Å². The van der Waals surface area contributed by atoms with Crippen molar-refractivity contribution in [1.82, 2.24) is 0 Å². The van der Waals surface area contributed by atoms with Gasteiger partial charge < -0.3 is 4.52 Å². The maximum absolute atomic E-state index is 13.1. The van der Waals surface area contributed by atoms with Gasteiger partial charge >= 0.3 is 0 Å². The minimum absolute atomic E-state index is 0.411. The van der Waals surface area contributed by atoms with E-state index in [2.05, 4.69) is 0 Å². The first-order valence-electron chi connectivity index (χ1n) is 6.60. The van der Waals surface area contributed by atoms with Crippen LogP contribution in [0, 0.1) is 0 Å². The first-order chi connectivity index (χ1) is 9.69. The van der Waals surface area contributed by atoms with Gasteiger partial charge in [0.25, 0.3) is 0 Å². The molecule has 0 unspecified atom stereocenters. The number of benzene rings is 2. The summed E-state index contributed by atoms with van der Waals surface area (Å²) in [6, 6.07) is 17.4. The second kappa shape index (κ2) is 6.69. The molecule has 1 atom stereocenters. The lowest BCUT2D eigenvalue weighted by Crippen LogP contribution is -2.08. The van der Waals surface area contributed by atoms with Crippen LogP contribution in [0.3, 0.4) is 0 Å². The van der Waals surface area contributed by atoms with Gasteiger partial charge in [-0.05, 0) is 30.2 Å². The van der Waals surface area contributed by atoms with Crippen LogP contribution in [-0.4, -0.2) is 7.11 Å². The van der Waals surface area contributed by atoms with E-state index in [0.29, 0.717) is 6.16 Å². The first-order valence-corrected chi connectivity index (χ1v) is 8.41. The third-order valence-electron chi connectivity index (χ3n) is 3.22. The second-order valence-electron chi connectivity index (χ2n) is 4.55. The summed E-state index contributed by atoms with van der Waals surface area (Å²) in [4.78, 5) is 0. The van der Waals surface area contributed by atoms with E-state index in [4.69, 9.17) is 4.52 Å². The van der Waals surface area contributed by atoms with Crippen LogP contribution in [0.15, 0.2) is 60.7 Å². The number of allylic oxidation sites excluding steroid dienone is 1. The van der Waals surface area contributed by atoms with Crippen LogP contribution in [0.1, 0.15) is 18.1 Å². The molecule has 0 aromatic heterocycles. The van der Waals surface area contributed by atoms with Crippen LogP contribution in [0.5, 0.6) is 0 Å². The van der Waals surface area contributed by atoms with E-state index in [1.165, 1.54) is 7.11 Å². The fourth-order valence-electron chi connectivity index (χ4n) is 2.16. The summed E-state index contributed by atoms with van der Waals surface area (Å²) in [6.45, 7) is 1.98. The smallest absolute Gasteiger partial charge is 0.236 e. The van der Waals surface area contributed by atoms with Crippen LogP contribution in [-0.2, 0) is 15.3 Å². The highest BCUT2D eigenvalue weighted by Crippen LogP contribution is 2.48. The highest BCUT2D eigenvalue weighted by atomic mass is 31.2. The molecule has 0 fully saturated rings. The maximum Gasteiger partial charge on any atom is 0.236 e. The van der Waals surface area contributed by atoms with Gasteiger partial charge in [-0.1, -0.05) is 54.6 Å². The van der Waals surface area contributed by atoms with Gasteiger partial charge in [-0.2, -0.15) is 0 Å². The predicted molar refractivity (Wildman–Crippen MR) is 85.5 cm³/mol. The normalized spacial score (nSPS) is 14.3. The van der Waals surface area contributed by atoms with E-state index < -0.39 is 7.37 Å². The van der Waals surface area contributed by atoms with E-state index in [1.807, 2.05) is 73.7 Å². The standard InChI is InChI=1S/C17H19O2P/c1-3-9-15-10-7-8-11-16(15)14-20(18,19-2)17-12-5-4-6-13-17/h3-13H,14H2,1-2H3/b9-3-/t20-/m0/s1. The van der Waals surface area contributed by atoms with Crippen LogP contribution >= 0.6 is 7.37 Å². The van der Waals surface area contributed by atoms with Crippen molar-refractivity contribution in [1.29, 1.82) is 0 Å². The molecule has 0 amide bonds. The molecule has 0 heterocycles. The molecule has 2 aromatic carbocycles. The van der Waals surface area contributed by atoms with E-state index in [9.17, 15) is 4.57 Å². The van der Waals surface area contributed by atoms with Crippen LogP contribution < -0.4 is 5.30 Å². The molecule has 0 saturated carbocycles. The Kier molecular flexibility index (Phi) is 4.94. The molecule has 0 radical (unpaired) electrons. The van der Waals surface area contributed by atoms with Crippen molar-refractivity contribution >= 4 is 18.7 Å². The lowest BCUT2D eigenvalue weighted by Gasteiger charge is -2.17. The van der Waals surface area contributed by atoms with E-state index in [0.717, 1.165) is 16.4 Å². The topological polar surface area (TPSA) is 26.3 Å². The zero-order valence-electron chi connectivity index (χ0n) is 11.8. The Balaban J connectivity index is 2.39. The Morgan fingerprint density at radius 2 is 1.70 bits per heavy atom. The molecule has 0 bridgehead atoms. The summed E-state index contributed by atoms with van der Waals surface area (Å²) in [5.41, 5.74) is 2.13. The molecule has 0 saturated heterocycles. The molecule has 0 aliphatic heterocycles. The third-order valence-corrected chi connectivity index (χ3v) is 5.66. The van der Waals surface area contributed by atoms with Gasteiger partial charge in [0.05, 0.1) is 6.16 Å². The molecule has 0 N–H and O–H groups in total. The molecule has 2 aromatic rings. The van der Waals surface area contributed by atoms with Crippen LogP contribution in [0.4, 0.5) is 0 Å². The van der Waals surface area contributed by atoms with Gasteiger partial charge in [-0.3, -0.25) is 4.57 Å². The highest BCUT2D eigenvalue weighted by Gasteiger charge is 2.25. The number of hydrogen-bond donors (Lipinski definition) is 0. The average molecular weight is 286 g/mol. The minimum Gasteiger partial charge on any atom is -0.328 e. The first kappa shape index (κ1) is 14.8. The molecule has 2 nitrogen and oxygen atoms in total. The number of rotatable bonds is 5. The van der Waals surface area contributed by atoms with E-state index >= 15 is 0 Å². The zero-order chi connectivity index (χ0) is 14.4. The second-order valence-corrected chi connectivity index (χ2v) is 7.09. The predicted octanol–water partition coefficient (Wildman–Crippen LogP) is 4.47. The molecule has 0 aliphatic carbocycles. The Bertz CT molecular complexity index is 632. The summed E-state index contributed by atoms with van der Waals surface area (Å²) in [7, 11) is -1.34. The SMILES string of the molecule is C/C=C\c1ccccc1C[P@](=O)(OC)c1ccccc1. The quantitative estimate of drug-likeness (QED) is 0.758. The van der Waals surface area contributed by atoms with Crippen molar-refractivity contribution in [2.75, 3.05) is 7.11 Å². The minimum atomic E-state index is -2.86. The van der Waals surface area contributed by atoms with Crippen LogP contribution in [0.2, 0.25) is 0 Å². The van der Waals surface area contributed by atoms with E-state index in [-0.39, 0.29) is 0 Å². The zero-order valence-corrected chi connectivity index (χ0v) is 12.7. The third kappa shape index (κ3) is 3.27. The van der Waals surface area contributed by atoms with Gasteiger partial charge in [0.15, 0.2) is 0 Å². The average Bonchev–Trinajstić information content (AvgIpc) is 2.50. The summed E-state index contributed by atoms with van der Waals surface area (Å²) in [5.74, 6) is 0. The lowest BCUT2D eigenvalue weighted by atomic mass is 10.1. The van der Waals surface area contributed by atoms with Gasteiger partial charge in [-0.25, -0.2) is 0 Å². The van der Waals surface area contributed by atoms with Crippen molar-refractivity contribution in [3.8, 4) is 0 Å². The van der Waals surface area contributed by atoms with Crippen molar-refractivity contribution < 1.29 is 9.09 Å². The van der Waals surface area contributed by atoms with Gasteiger partial charge in [0, 0.05) is 12.4 Å². The fourth-order valence-corrected chi connectivity index (χ4v) is 4.05. The van der Waals surface area contributed by atoms with Crippen molar-refractivity contribution in [2.24, 2.45) is 0 Å². The van der Waals surface area contributed by atoms with Crippen molar-refractivity contribution in [3.63, 3.8) is 0 Å². The fraction of sp³-hybridized carbons (Fsp3) is 0.176. The lowest BCUT2D eigenvalue weighted by molar-refractivity contribution is 0.402. The molecule has 0 spiro atoms. The van der Waals surface area contributed by atoms with Crippen LogP contribution in [0.25, 0.3) is 6.08 Å². The molecular formula is C17H19O2P. The van der Waals surface area contributed by atoms with Crippen molar-refractivity contribution in [2.45, 2.75) is 13.1 Å². The monoisotopic (exact) mass is 286 g/mol. The summed E-state index contributed by atoms with van der Waals surface area (Å²) < 4.78 is 18.5. The summed E-state index contributed by atoms with van der Waals surface area (Å²) >= 11 is 0. The molecule has 0 aliphatic rings. The largest absolute Gasteiger partial charge is 0.328 e. The van der Waals surface area contributed by atoms with E-state index in [1.54, 1.807) is 0 Å². The van der Waals surface area contributed by atoms with Gasteiger partial charge in [0.2, 0.25) is 7.37 Å². The Hall–Kier alpha value is -1.63.